The van der Waals surface area contributed by atoms with Crippen molar-refractivity contribution in [2.75, 3.05) is 0 Å². The molecular weight excluding hydrogens is 414 g/mol. The Balaban J connectivity index is 1.48. The quantitative estimate of drug-likeness (QED) is 0.224. The molecule has 1 nitrogen and oxygen atoms in total. The minimum absolute atomic E-state index is 0.226. The Morgan fingerprint density at radius 3 is 1.88 bits per heavy atom. The maximum atomic E-state index is 14.8. The van der Waals surface area contributed by atoms with Crippen LogP contribution < -0.4 is 0 Å². The predicted octanol–water partition coefficient (Wildman–Crippen LogP) is 9.78. The molecule has 2 fully saturated rings. The lowest BCUT2D eigenvalue weighted by atomic mass is 9.68. The third-order valence-corrected chi connectivity index (χ3v) is 8.60. The molecule has 1 aromatic rings. The van der Waals surface area contributed by atoms with E-state index in [1.165, 1.54) is 82.8 Å². The molecule has 2 aliphatic carbocycles. The van der Waals surface area contributed by atoms with Crippen LogP contribution in [0.2, 0.25) is 0 Å². The first-order chi connectivity index (χ1) is 16.0. The lowest BCUT2D eigenvalue weighted by molar-refractivity contribution is 0.0970. The van der Waals surface area contributed by atoms with Gasteiger partial charge in [-0.1, -0.05) is 71.6 Å². The number of rotatable bonds is 12. The predicted molar refractivity (Wildman–Crippen MR) is 134 cm³/mol. The number of ketones is 1. The first kappa shape index (κ1) is 26.4. The van der Waals surface area contributed by atoms with Crippen molar-refractivity contribution in [3.05, 3.63) is 34.9 Å². The zero-order valence-corrected chi connectivity index (χ0v) is 21.1. The summed E-state index contributed by atoms with van der Waals surface area (Å²) in [5.41, 5.74) is 0.441. The van der Waals surface area contributed by atoms with Crippen molar-refractivity contribution in [1.29, 1.82) is 0 Å². The molecule has 0 aromatic heterocycles. The van der Waals surface area contributed by atoms with Crippen molar-refractivity contribution < 1.29 is 13.6 Å². The molecule has 33 heavy (non-hydrogen) atoms. The largest absolute Gasteiger partial charge is 0.294 e. The maximum Gasteiger partial charge on any atom is 0.168 e. The van der Waals surface area contributed by atoms with Crippen LogP contribution in [0.15, 0.2) is 12.1 Å². The Hall–Kier alpha value is -1.25. The van der Waals surface area contributed by atoms with Crippen LogP contribution in [0, 0.1) is 29.4 Å². The van der Waals surface area contributed by atoms with E-state index in [1.54, 1.807) is 0 Å². The van der Waals surface area contributed by atoms with Crippen LogP contribution in [0.5, 0.6) is 0 Å². The Bertz CT molecular complexity index is 704. The lowest BCUT2D eigenvalue weighted by Crippen LogP contribution is -2.25. The van der Waals surface area contributed by atoms with Gasteiger partial charge >= 0.3 is 0 Å². The summed E-state index contributed by atoms with van der Waals surface area (Å²) in [6.07, 6.45) is 19.2. The highest BCUT2D eigenvalue weighted by atomic mass is 19.1. The van der Waals surface area contributed by atoms with Crippen LogP contribution in [0.1, 0.15) is 145 Å². The fraction of sp³-hybridized carbons (Fsp3) is 0.767. The number of unbranched alkanes of at least 4 members (excludes halogenated alkanes) is 5. The molecular formula is C30H46F2O. The molecule has 0 heterocycles. The number of hydrogen-bond acceptors (Lipinski definition) is 1. The molecule has 0 bridgehead atoms. The van der Waals surface area contributed by atoms with E-state index in [1.807, 2.05) is 0 Å². The first-order valence-corrected chi connectivity index (χ1v) is 14.1. The van der Waals surface area contributed by atoms with Crippen LogP contribution in [-0.2, 0) is 0 Å². The minimum atomic E-state index is -0.655. The number of carbonyl (C=O) groups excluding carboxylic acids is 1. The molecule has 3 rings (SSSR count). The normalized spacial score (nSPS) is 25.8. The number of Topliss-reactive ketones (excluding diaryl/α,β-unsaturated/α-hetero) is 1. The molecule has 2 saturated carbocycles. The van der Waals surface area contributed by atoms with Crippen LogP contribution in [-0.4, -0.2) is 5.78 Å². The van der Waals surface area contributed by atoms with Gasteiger partial charge in [0.25, 0.3) is 0 Å². The lowest BCUT2D eigenvalue weighted by Gasteiger charge is -2.38. The Kier molecular flexibility index (Phi) is 10.9. The third-order valence-electron chi connectivity index (χ3n) is 8.60. The van der Waals surface area contributed by atoms with E-state index < -0.39 is 11.6 Å². The highest BCUT2D eigenvalue weighted by Gasteiger charge is 2.32. The zero-order chi connectivity index (χ0) is 23.6. The number of benzene rings is 1. The maximum absolute atomic E-state index is 14.8. The van der Waals surface area contributed by atoms with Crippen molar-refractivity contribution in [3.8, 4) is 0 Å². The number of hydrogen-bond donors (Lipinski definition) is 0. The molecule has 0 amide bonds. The SMILES string of the molecule is CCCCCCCCC(=O)c1c(F)cc(C2CCC(C3CCC(CCC)CC3)CC2)cc1F. The standard InChI is InChI=1S/C30H46F2O/c1-3-5-6-7-8-9-11-29(33)30-27(31)20-26(21-28(30)32)25-18-16-24(17-19-25)23-14-12-22(10-4-2)13-15-23/h20-25H,3-19H2,1-2H3. The summed E-state index contributed by atoms with van der Waals surface area (Å²) in [4.78, 5) is 12.5. The summed E-state index contributed by atoms with van der Waals surface area (Å²) in [5.74, 6) is 1.12. The second-order valence-electron chi connectivity index (χ2n) is 11.0. The van der Waals surface area contributed by atoms with Gasteiger partial charge in [0.1, 0.15) is 11.6 Å². The van der Waals surface area contributed by atoms with E-state index >= 15 is 0 Å². The third kappa shape index (κ3) is 7.62. The molecule has 3 heteroatoms. The second kappa shape index (κ2) is 13.6. The zero-order valence-electron chi connectivity index (χ0n) is 21.1. The second-order valence-corrected chi connectivity index (χ2v) is 11.0. The van der Waals surface area contributed by atoms with Crippen LogP contribution in [0.25, 0.3) is 0 Å². The van der Waals surface area contributed by atoms with Gasteiger partial charge in [-0.15, -0.1) is 0 Å². The summed E-state index contributed by atoms with van der Waals surface area (Å²) in [7, 11) is 0. The van der Waals surface area contributed by atoms with E-state index in [2.05, 4.69) is 13.8 Å². The topological polar surface area (TPSA) is 17.1 Å². The van der Waals surface area contributed by atoms with E-state index in [0.29, 0.717) is 6.42 Å². The van der Waals surface area contributed by atoms with E-state index in [0.717, 1.165) is 49.0 Å². The van der Waals surface area contributed by atoms with Gasteiger partial charge in [-0.05, 0) is 86.3 Å². The molecule has 186 valence electrons. The highest BCUT2D eigenvalue weighted by molar-refractivity contribution is 5.96. The molecule has 2 aliphatic rings. The fourth-order valence-electron chi connectivity index (χ4n) is 6.57. The van der Waals surface area contributed by atoms with Crippen molar-refractivity contribution in [3.63, 3.8) is 0 Å². The molecule has 0 saturated heterocycles. The van der Waals surface area contributed by atoms with Crippen molar-refractivity contribution in [1.82, 2.24) is 0 Å². The van der Waals surface area contributed by atoms with Crippen molar-refractivity contribution in [2.24, 2.45) is 17.8 Å². The first-order valence-electron chi connectivity index (χ1n) is 14.1. The summed E-state index contributed by atoms with van der Waals surface area (Å²) in [5, 5.41) is 0. The average molecular weight is 461 g/mol. The number of halogens is 2. The summed E-state index contributed by atoms with van der Waals surface area (Å²) in [6.45, 7) is 4.46. The van der Waals surface area contributed by atoms with E-state index in [-0.39, 0.29) is 23.7 Å². The van der Waals surface area contributed by atoms with Gasteiger partial charge in [-0.3, -0.25) is 4.79 Å². The average Bonchev–Trinajstić information content (AvgIpc) is 2.82. The molecule has 0 aliphatic heterocycles. The van der Waals surface area contributed by atoms with E-state index in [4.69, 9.17) is 0 Å². The van der Waals surface area contributed by atoms with Gasteiger partial charge in [0.2, 0.25) is 0 Å². The molecule has 0 N–H and O–H groups in total. The molecule has 0 radical (unpaired) electrons. The highest BCUT2D eigenvalue weighted by Crippen LogP contribution is 2.44. The van der Waals surface area contributed by atoms with Crippen LogP contribution in [0.3, 0.4) is 0 Å². The Morgan fingerprint density at radius 2 is 1.30 bits per heavy atom. The minimum Gasteiger partial charge on any atom is -0.294 e. The van der Waals surface area contributed by atoms with Crippen molar-refractivity contribution >= 4 is 5.78 Å². The summed E-state index contributed by atoms with van der Waals surface area (Å²) in [6, 6.07) is 2.91. The van der Waals surface area contributed by atoms with Crippen molar-refractivity contribution in [2.45, 2.75) is 129 Å². The van der Waals surface area contributed by atoms with Crippen LogP contribution >= 0.6 is 0 Å². The molecule has 0 unspecified atom stereocenters. The Labute approximate surface area is 201 Å². The van der Waals surface area contributed by atoms with Gasteiger partial charge in [0.05, 0.1) is 5.56 Å². The monoisotopic (exact) mass is 460 g/mol. The van der Waals surface area contributed by atoms with E-state index in [9.17, 15) is 13.6 Å². The van der Waals surface area contributed by atoms with Gasteiger partial charge in [0, 0.05) is 6.42 Å². The van der Waals surface area contributed by atoms with Gasteiger partial charge in [-0.2, -0.15) is 0 Å². The smallest absolute Gasteiger partial charge is 0.168 e. The Morgan fingerprint density at radius 1 is 0.758 bits per heavy atom. The van der Waals surface area contributed by atoms with Gasteiger partial charge < -0.3 is 0 Å². The summed E-state index contributed by atoms with van der Waals surface area (Å²) >= 11 is 0. The van der Waals surface area contributed by atoms with Gasteiger partial charge in [-0.25, -0.2) is 8.78 Å². The van der Waals surface area contributed by atoms with Gasteiger partial charge in [0.15, 0.2) is 5.78 Å². The molecule has 1 aromatic carbocycles. The molecule has 0 spiro atoms. The summed E-state index contributed by atoms with van der Waals surface area (Å²) < 4.78 is 29.6. The number of carbonyl (C=O) groups is 1. The molecule has 0 atom stereocenters. The fourth-order valence-corrected chi connectivity index (χ4v) is 6.57. The van der Waals surface area contributed by atoms with Crippen LogP contribution in [0.4, 0.5) is 8.78 Å².